The summed E-state index contributed by atoms with van der Waals surface area (Å²) in [4.78, 5) is 3.49. The molecule has 6 heteroatoms. The van der Waals surface area contributed by atoms with Crippen LogP contribution in [0.1, 0.15) is 28.5 Å². The Hall–Kier alpha value is -1.21. The van der Waals surface area contributed by atoms with Crippen molar-refractivity contribution in [1.82, 2.24) is 9.21 Å². The first kappa shape index (κ1) is 16.3. The van der Waals surface area contributed by atoms with Gasteiger partial charge in [0.15, 0.2) is 0 Å². The summed E-state index contributed by atoms with van der Waals surface area (Å²) in [5.74, 6) is 0. The third-order valence-electron chi connectivity index (χ3n) is 5.13. The number of fused-ring (bicyclic) bond motifs is 1. The molecule has 2 aromatic rings. The number of thiophene rings is 1. The molecule has 0 spiro atoms. The summed E-state index contributed by atoms with van der Waals surface area (Å²) in [6, 6.07) is 12.7. The molecule has 1 aromatic carbocycles. The predicted octanol–water partition coefficient (Wildman–Crippen LogP) is 3.05. The van der Waals surface area contributed by atoms with Gasteiger partial charge >= 0.3 is 0 Å². The molecule has 4 rings (SSSR count). The lowest BCUT2D eigenvalue weighted by molar-refractivity contribution is 0.137. The smallest absolute Gasteiger partial charge is 0.252 e. The number of rotatable bonds is 3. The molecule has 24 heavy (non-hydrogen) atoms. The number of hydrogen-bond acceptors (Lipinski definition) is 4. The standard InChI is InChI=1S/C18H22N2O2S2/c1-14-6-9-18(23-14)24(21,22)20-12-10-19(11-13-20)17-8-7-15-4-2-3-5-16(15)17/h2-6,9,17H,7-8,10-13H2,1H3. The summed E-state index contributed by atoms with van der Waals surface area (Å²) in [6.45, 7) is 4.72. The van der Waals surface area contributed by atoms with Crippen LogP contribution >= 0.6 is 11.3 Å². The van der Waals surface area contributed by atoms with Crippen molar-refractivity contribution in [2.24, 2.45) is 0 Å². The summed E-state index contributed by atoms with van der Waals surface area (Å²) in [6.07, 6.45) is 2.28. The van der Waals surface area contributed by atoms with Crippen molar-refractivity contribution in [1.29, 1.82) is 0 Å². The molecule has 2 heterocycles. The fraction of sp³-hybridized carbons (Fsp3) is 0.444. The van der Waals surface area contributed by atoms with Gasteiger partial charge in [0.2, 0.25) is 0 Å². The Morgan fingerprint density at radius 1 is 1.04 bits per heavy atom. The van der Waals surface area contributed by atoms with Gasteiger partial charge in [-0.05, 0) is 43.0 Å². The van der Waals surface area contributed by atoms with Gasteiger partial charge in [0.1, 0.15) is 4.21 Å². The monoisotopic (exact) mass is 362 g/mol. The van der Waals surface area contributed by atoms with Gasteiger partial charge in [-0.25, -0.2) is 8.42 Å². The molecular weight excluding hydrogens is 340 g/mol. The van der Waals surface area contributed by atoms with Gasteiger partial charge in [-0.1, -0.05) is 24.3 Å². The largest absolute Gasteiger partial charge is 0.294 e. The van der Waals surface area contributed by atoms with Crippen molar-refractivity contribution in [2.75, 3.05) is 26.2 Å². The molecule has 2 aliphatic rings. The number of aryl methyl sites for hydroxylation is 2. The third kappa shape index (κ3) is 2.81. The van der Waals surface area contributed by atoms with E-state index < -0.39 is 10.0 Å². The maximum atomic E-state index is 12.7. The van der Waals surface area contributed by atoms with Gasteiger partial charge in [0, 0.05) is 37.1 Å². The van der Waals surface area contributed by atoms with Gasteiger partial charge < -0.3 is 0 Å². The number of piperazine rings is 1. The van der Waals surface area contributed by atoms with E-state index in [9.17, 15) is 8.42 Å². The molecule has 0 radical (unpaired) electrons. The van der Waals surface area contributed by atoms with Crippen LogP contribution in [0.2, 0.25) is 0 Å². The van der Waals surface area contributed by atoms with Crippen LogP contribution < -0.4 is 0 Å². The summed E-state index contributed by atoms with van der Waals surface area (Å²) < 4.78 is 27.6. The van der Waals surface area contributed by atoms with Crippen LogP contribution in [0.25, 0.3) is 0 Å². The van der Waals surface area contributed by atoms with E-state index in [1.165, 1.54) is 22.5 Å². The zero-order valence-electron chi connectivity index (χ0n) is 13.8. The Morgan fingerprint density at radius 3 is 2.50 bits per heavy atom. The van der Waals surface area contributed by atoms with E-state index in [-0.39, 0.29) is 0 Å². The Kier molecular flexibility index (Phi) is 4.24. The molecule has 1 saturated heterocycles. The molecule has 128 valence electrons. The first-order chi connectivity index (χ1) is 11.6. The topological polar surface area (TPSA) is 40.6 Å². The van der Waals surface area contributed by atoms with Crippen LogP contribution in [0, 0.1) is 6.92 Å². The fourth-order valence-corrected chi connectivity index (χ4v) is 6.71. The molecule has 1 unspecified atom stereocenters. The lowest BCUT2D eigenvalue weighted by Crippen LogP contribution is -2.49. The minimum atomic E-state index is -3.32. The predicted molar refractivity (Wildman–Crippen MR) is 96.9 cm³/mol. The summed E-state index contributed by atoms with van der Waals surface area (Å²) in [7, 11) is -3.32. The van der Waals surface area contributed by atoms with Gasteiger partial charge in [-0.3, -0.25) is 4.90 Å². The summed E-state index contributed by atoms with van der Waals surface area (Å²) in [5.41, 5.74) is 2.88. The first-order valence-electron chi connectivity index (χ1n) is 8.44. The first-order valence-corrected chi connectivity index (χ1v) is 10.7. The van der Waals surface area contributed by atoms with Crippen molar-refractivity contribution in [2.45, 2.75) is 30.0 Å². The highest BCUT2D eigenvalue weighted by molar-refractivity contribution is 7.91. The van der Waals surface area contributed by atoms with Gasteiger partial charge in [0.25, 0.3) is 10.0 Å². The van der Waals surface area contributed by atoms with Gasteiger partial charge in [0.05, 0.1) is 0 Å². The van der Waals surface area contributed by atoms with E-state index in [1.54, 1.807) is 10.4 Å². The molecule has 1 fully saturated rings. The maximum absolute atomic E-state index is 12.7. The van der Waals surface area contributed by atoms with Crippen molar-refractivity contribution < 1.29 is 8.42 Å². The van der Waals surface area contributed by atoms with Crippen LogP contribution in [0.3, 0.4) is 0 Å². The molecule has 1 atom stereocenters. The van der Waals surface area contributed by atoms with Crippen LogP contribution in [0.4, 0.5) is 0 Å². The molecular formula is C18H22N2O2S2. The average Bonchev–Trinajstić information content (AvgIpc) is 3.21. The van der Waals surface area contributed by atoms with Crippen molar-refractivity contribution in [3.8, 4) is 0 Å². The summed E-state index contributed by atoms with van der Waals surface area (Å²) in [5, 5.41) is 0. The van der Waals surface area contributed by atoms with Crippen LogP contribution in [0.5, 0.6) is 0 Å². The van der Waals surface area contributed by atoms with Crippen LogP contribution in [-0.2, 0) is 16.4 Å². The normalized spacial score (nSPS) is 22.6. The minimum Gasteiger partial charge on any atom is -0.294 e. The molecule has 1 aliphatic heterocycles. The highest BCUT2D eigenvalue weighted by Crippen LogP contribution is 2.36. The molecule has 0 N–H and O–H groups in total. The van der Waals surface area contributed by atoms with E-state index in [0.29, 0.717) is 23.3 Å². The molecule has 0 amide bonds. The zero-order chi connectivity index (χ0) is 16.7. The van der Waals surface area contributed by atoms with Gasteiger partial charge in [-0.2, -0.15) is 4.31 Å². The Balaban J connectivity index is 1.46. The zero-order valence-corrected chi connectivity index (χ0v) is 15.4. The van der Waals surface area contributed by atoms with Crippen LogP contribution in [-0.4, -0.2) is 43.8 Å². The van der Waals surface area contributed by atoms with Crippen molar-refractivity contribution in [3.63, 3.8) is 0 Å². The highest BCUT2D eigenvalue weighted by atomic mass is 32.2. The lowest BCUT2D eigenvalue weighted by Gasteiger charge is -2.37. The van der Waals surface area contributed by atoms with E-state index in [0.717, 1.165) is 30.8 Å². The highest BCUT2D eigenvalue weighted by Gasteiger charge is 2.34. The average molecular weight is 363 g/mol. The van der Waals surface area contributed by atoms with Crippen molar-refractivity contribution >= 4 is 21.4 Å². The van der Waals surface area contributed by atoms with E-state index >= 15 is 0 Å². The Bertz CT molecular complexity index is 836. The Labute approximate surface area is 147 Å². The van der Waals surface area contributed by atoms with E-state index in [1.807, 2.05) is 13.0 Å². The Morgan fingerprint density at radius 2 is 1.79 bits per heavy atom. The van der Waals surface area contributed by atoms with E-state index in [2.05, 4.69) is 29.2 Å². The van der Waals surface area contributed by atoms with Gasteiger partial charge in [-0.15, -0.1) is 11.3 Å². The number of sulfonamides is 1. The number of benzene rings is 1. The quantitative estimate of drug-likeness (QED) is 0.843. The number of nitrogens with zero attached hydrogens (tertiary/aromatic N) is 2. The molecule has 1 aliphatic carbocycles. The second kappa shape index (κ2) is 6.26. The summed E-state index contributed by atoms with van der Waals surface area (Å²) >= 11 is 1.36. The second-order valence-electron chi connectivity index (χ2n) is 6.56. The molecule has 0 saturated carbocycles. The second-order valence-corrected chi connectivity index (χ2v) is 10.0. The number of hydrogen-bond donors (Lipinski definition) is 0. The van der Waals surface area contributed by atoms with Crippen molar-refractivity contribution in [3.05, 3.63) is 52.4 Å². The lowest BCUT2D eigenvalue weighted by atomic mass is 10.1. The van der Waals surface area contributed by atoms with E-state index in [4.69, 9.17) is 0 Å². The maximum Gasteiger partial charge on any atom is 0.252 e. The minimum absolute atomic E-state index is 0.454. The third-order valence-corrected chi connectivity index (χ3v) is 8.49. The fourth-order valence-electron chi connectivity index (χ4n) is 3.85. The van der Waals surface area contributed by atoms with Crippen LogP contribution in [0.15, 0.2) is 40.6 Å². The molecule has 0 bridgehead atoms. The SMILES string of the molecule is Cc1ccc(S(=O)(=O)N2CCN(C3CCc4ccccc43)CC2)s1. The molecule has 1 aromatic heterocycles. The molecule has 4 nitrogen and oxygen atoms in total.